The molecule has 2 fully saturated rings. The molecular weight excluding hydrogens is 481 g/mol. The van der Waals surface area contributed by atoms with Crippen LogP contribution in [0.4, 0.5) is 4.39 Å². The maximum Gasteiger partial charge on any atom is 0.253 e. The van der Waals surface area contributed by atoms with Crippen LogP contribution in [0.15, 0.2) is 72.8 Å². The predicted molar refractivity (Wildman–Crippen MR) is 136 cm³/mol. The lowest BCUT2D eigenvalue weighted by atomic mass is 10.0. The fourth-order valence-electron chi connectivity index (χ4n) is 4.58. The van der Waals surface area contributed by atoms with Crippen LogP contribution < -0.4 is 4.74 Å². The number of carbonyl (C=O) groups excluding carboxylic acids is 2. The molecule has 2 aliphatic heterocycles. The van der Waals surface area contributed by atoms with Crippen molar-refractivity contribution in [2.45, 2.75) is 12.6 Å². The van der Waals surface area contributed by atoms with Crippen LogP contribution in [0.25, 0.3) is 0 Å². The second-order valence-electron chi connectivity index (χ2n) is 9.12. The van der Waals surface area contributed by atoms with Crippen molar-refractivity contribution in [1.82, 2.24) is 14.7 Å². The van der Waals surface area contributed by atoms with E-state index in [4.69, 9.17) is 16.3 Å². The van der Waals surface area contributed by atoms with E-state index in [1.165, 1.54) is 12.1 Å². The Balaban J connectivity index is 1.07. The summed E-state index contributed by atoms with van der Waals surface area (Å²) in [4.78, 5) is 31.7. The monoisotopic (exact) mass is 507 g/mol. The highest BCUT2D eigenvalue weighted by Gasteiger charge is 2.37. The fourth-order valence-corrected chi connectivity index (χ4v) is 4.78. The Kier molecular flexibility index (Phi) is 7.20. The minimum atomic E-state index is -0.461. The van der Waals surface area contributed by atoms with Crippen LogP contribution in [-0.2, 0) is 6.61 Å². The molecule has 2 heterocycles. The van der Waals surface area contributed by atoms with Gasteiger partial charge in [-0.1, -0.05) is 35.9 Å². The van der Waals surface area contributed by atoms with E-state index in [-0.39, 0.29) is 23.4 Å². The quantitative estimate of drug-likeness (QED) is 0.498. The molecule has 0 N–H and O–H groups in total. The first-order chi connectivity index (χ1) is 17.5. The van der Waals surface area contributed by atoms with Gasteiger partial charge in [0, 0.05) is 56.4 Å². The molecule has 2 aliphatic rings. The number of piperazine rings is 1. The van der Waals surface area contributed by atoms with Crippen LogP contribution in [0.3, 0.4) is 0 Å². The summed E-state index contributed by atoms with van der Waals surface area (Å²) in [6, 6.07) is 21.2. The molecule has 0 radical (unpaired) electrons. The molecule has 0 unspecified atom stereocenters. The predicted octanol–water partition coefficient (Wildman–Crippen LogP) is 4.34. The van der Waals surface area contributed by atoms with Gasteiger partial charge in [0.1, 0.15) is 18.2 Å². The summed E-state index contributed by atoms with van der Waals surface area (Å²) < 4.78 is 19.0. The lowest BCUT2D eigenvalue weighted by Crippen LogP contribution is -2.64. The highest BCUT2D eigenvalue weighted by molar-refractivity contribution is 6.30. The van der Waals surface area contributed by atoms with Crippen molar-refractivity contribution < 1.29 is 18.7 Å². The third-order valence-corrected chi connectivity index (χ3v) is 7.07. The van der Waals surface area contributed by atoms with Crippen molar-refractivity contribution in [1.29, 1.82) is 0 Å². The molecule has 0 aliphatic carbocycles. The number of nitrogens with zero attached hydrogens (tertiary/aromatic N) is 3. The van der Waals surface area contributed by atoms with E-state index in [0.717, 1.165) is 24.2 Å². The number of halogens is 2. The normalized spacial score (nSPS) is 16.5. The van der Waals surface area contributed by atoms with Gasteiger partial charge < -0.3 is 14.5 Å². The second-order valence-corrected chi connectivity index (χ2v) is 9.53. The van der Waals surface area contributed by atoms with E-state index in [1.54, 1.807) is 30.3 Å². The Hall–Kier alpha value is -3.42. The van der Waals surface area contributed by atoms with Crippen molar-refractivity contribution in [3.63, 3.8) is 0 Å². The zero-order valence-electron chi connectivity index (χ0n) is 19.8. The zero-order chi connectivity index (χ0) is 25.1. The van der Waals surface area contributed by atoms with Crippen LogP contribution in [0, 0.1) is 5.82 Å². The Bertz CT molecular complexity index is 1220. The number of ether oxygens (including phenoxy) is 1. The lowest BCUT2D eigenvalue weighted by molar-refractivity contribution is 0.00853. The van der Waals surface area contributed by atoms with Gasteiger partial charge in [0.05, 0.1) is 5.02 Å². The summed E-state index contributed by atoms with van der Waals surface area (Å²) in [6.45, 7) is 4.66. The Morgan fingerprint density at radius 2 is 1.47 bits per heavy atom. The average molecular weight is 508 g/mol. The van der Waals surface area contributed by atoms with Crippen molar-refractivity contribution in [2.24, 2.45) is 0 Å². The molecule has 0 spiro atoms. The molecule has 6 nitrogen and oxygen atoms in total. The third-order valence-electron chi connectivity index (χ3n) is 6.78. The molecule has 0 aromatic heterocycles. The highest BCUT2D eigenvalue weighted by Crippen LogP contribution is 2.22. The minimum Gasteiger partial charge on any atom is -0.489 e. The molecule has 2 saturated heterocycles. The molecular formula is C28H27ClFN3O3. The molecule has 0 saturated carbocycles. The Morgan fingerprint density at radius 3 is 2.14 bits per heavy atom. The minimum absolute atomic E-state index is 0.000933. The summed E-state index contributed by atoms with van der Waals surface area (Å²) in [5.41, 5.74) is 2.10. The van der Waals surface area contributed by atoms with Crippen LogP contribution in [0.2, 0.25) is 5.02 Å². The highest BCUT2D eigenvalue weighted by atomic mass is 35.5. The Labute approximate surface area is 214 Å². The van der Waals surface area contributed by atoms with E-state index in [0.29, 0.717) is 43.5 Å². The third kappa shape index (κ3) is 5.37. The molecule has 3 aromatic rings. The molecule has 0 atom stereocenters. The van der Waals surface area contributed by atoms with Crippen molar-refractivity contribution in [2.75, 3.05) is 39.3 Å². The molecule has 5 rings (SSSR count). The lowest BCUT2D eigenvalue weighted by Gasteiger charge is -2.48. The topological polar surface area (TPSA) is 53.1 Å². The van der Waals surface area contributed by atoms with Gasteiger partial charge in [0.15, 0.2) is 0 Å². The fraction of sp³-hybridized carbons (Fsp3) is 0.286. The summed E-state index contributed by atoms with van der Waals surface area (Å²) in [5.74, 6) is 0.240. The van der Waals surface area contributed by atoms with E-state index in [9.17, 15) is 14.0 Å². The molecule has 2 amide bonds. The SMILES string of the molecule is O=C(c1ccccc1)N1CCN(C2CN(C(=O)c3ccc(OCc4ccc(F)c(Cl)c4)cc3)C2)CC1. The number of rotatable bonds is 6. The summed E-state index contributed by atoms with van der Waals surface area (Å²) in [5, 5.41) is 0.0625. The van der Waals surface area contributed by atoms with E-state index >= 15 is 0 Å². The van der Waals surface area contributed by atoms with Gasteiger partial charge in [-0.2, -0.15) is 0 Å². The van der Waals surface area contributed by atoms with Gasteiger partial charge in [-0.3, -0.25) is 14.5 Å². The van der Waals surface area contributed by atoms with Gasteiger partial charge in [-0.05, 0) is 54.1 Å². The van der Waals surface area contributed by atoms with Gasteiger partial charge in [0.25, 0.3) is 11.8 Å². The summed E-state index contributed by atoms with van der Waals surface area (Å²) in [6.07, 6.45) is 0. The van der Waals surface area contributed by atoms with Crippen LogP contribution >= 0.6 is 11.6 Å². The van der Waals surface area contributed by atoms with Crippen LogP contribution in [0.5, 0.6) is 5.75 Å². The van der Waals surface area contributed by atoms with Gasteiger partial charge in [0.2, 0.25) is 0 Å². The number of amides is 2. The van der Waals surface area contributed by atoms with E-state index in [2.05, 4.69) is 4.90 Å². The molecule has 8 heteroatoms. The molecule has 36 heavy (non-hydrogen) atoms. The maximum absolute atomic E-state index is 13.3. The van der Waals surface area contributed by atoms with Crippen molar-refractivity contribution in [3.05, 3.63) is 100 Å². The van der Waals surface area contributed by atoms with Crippen LogP contribution in [-0.4, -0.2) is 71.8 Å². The average Bonchev–Trinajstić information content (AvgIpc) is 2.89. The van der Waals surface area contributed by atoms with Gasteiger partial charge in [-0.15, -0.1) is 0 Å². The first-order valence-corrected chi connectivity index (χ1v) is 12.4. The van der Waals surface area contributed by atoms with Gasteiger partial charge >= 0.3 is 0 Å². The van der Waals surface area contributed by atoms with E-state index < -0.39 is 5.82 Å². The summed E-state index contributed by atoms with van der Waals surface area (Å²) >= 11 is 5.81. The second kappa shape index (κ2) is 10.7. The first-order valence-electron chi connectivity index (χ1n) is 12.0. The largest absolute Gasteiger partial charge is 0.489 e. The zero-order valence-corrected chi connectivity index (χ0v) is 20.5. The standard InChI is InChI=1S/C28H27ClFN3O3/c29-25-16-20(6-11-26(25)30)19-36-24-9-7-22(8-10-24)28(35)33-17-23(18-33)31-12-14-32(15-13-31)27(34)21-4-2-1-3-5-21/h1-11,16,23H,12-15,17-19H2. The molecule has 0 bridgehead atoms. The number of benzene rings is 3. The maximum atomic E-state index is 13.3. The number of likely N-dealkylation sites (tertiary alicyclic amines) is 1. The first kappa shape index (κ1) is 24.3. The smallest absolute Gasteiger partial charge is 0.253 e. The van der Waals surface area contributed by atoms with Gasteiger partial charge in [-0.25, -0.2) is 4.39 Å². The number of hydrogen-bond donors (Lipinski definition) is 0. The van der Waals surface area contributed by atoms with E-state index in [1.807, 2.05) is 40.1 Å². The number of carbonyl (C=O) groups is 2. The van der Waals surface area contributed by atoms with Crippen LogP contribution in [0.1, 0.15) is 26.3 Å². The molecule has 3 aromatic carbocycles. The van der Waals surface area contributed by atoms with Crippen molar-refractivity contribution >= 4 is 23.4 Å². The summed E-state index contributed by atoms with van der Waals surface area (Å²) in [7, 11) is 0. The number of hydrogen-bond acceptors (Lipinski definition) is 4. The molecule has 186 valence electrons. The Morgan fingerprint density at radius 1 is 0.833 bits per heavy atom. The van der Waals surface area contributed by atoms with Crippen molar-refractivity contribution in [3.8, 4) is 5.75 Å².